The zero-order valence-corrected chi connectivity index (χ0v) is 12.4. The van der Waals surface area contributed by atoms with Gasteiger partial charge in [-0.25, -0.2) is 0 Å². The minimum absolute atomic E-state index is 0.633. The van der Waals surface area contributed by atoms with Crippen LogP contribution in [0.25, 0.3) is 0 Å². The zero-order valence-electron chi connectivity index (χ0n) is 10.2. The Labute approximate surface area is 113 Å². The van der Waals surface area contributed by atoms with Gasteiger partial charge in [-0.05, 0) is 59.3 Å². The van der Waals surface area contributed by atoms with Crippen LogP contribution in [0.4, 0.5) is 0 Å². The summed E-state index contributed by atoms with van der Waals surface area (Å²) in [6, 6.07) is 0. The van der Waals surface area contributed by atoms with Gasteiger partial charge < -0.3 is 0 Å². The van der Waals surface area contributed by atoms with E-state index in [2.05, 4.69) is 41.4 Å². The second-order valence-corrected chi connectivity index (χ2v) is 6.29. The summed E-state index contributed by atoms with van der Waals surface area (Å²) in [5, 5.41) is 0. The third kappa shape index (κ3) is 2.83. The van der Waals surface area contributed by atoms with Gasteiger partial charge in [-0.1, -0.05) is 44.4 Å². The van der Waals surface area contributed by atoms with E-state index in [0.717, 1.165) is 6.42 Å². The average Bonchev–Trinajstić information content (AvgIpc) is 2.99. The average molecular weight is 328 g/mol. The van der Waals surface area contributed by atoms with Crippen molar-refractivity contribution in [3.05, 3.63) is 9.15 Å². The van der Waals surface area contributed by atoms with E-state index in [9.17, 15) is 0 Å². The summed E-state index contributed by atoms with van der Waals surface area (Å²) in [4.78, 5) is 0. The van der Waals surface area contributed by atoms with Crippen LogP contribution in [0.3, 0.4) is 0 Å². The van der Waals surface area contributed by atoms with Crippen LogP contribution < -0.4 is 0 Å². The van der Waals surface area contributed by atoms with E-state index in [1.54, 1.807) is 5.57 Å². The molecule has 2 fully saturated rings. The Kier molecular flexibility index (Phi) is 4.35. The van der Waals surface area contributed by atoms with Crippen LogP contribution >= 0.6 is 22.6 Å². The molecule has 0 radical (unpaired) electrons. The van der Waals surface area contributed by atoms with Crippen molar-refractivity contribution < 1.29 is 0 Å². The lowest BCUT2D eigenvalue weighted by Gasteiger charge is -2.19. The molecule has 0 bridgehead atoms. The normalized spacial score (nSPS) is 24.9. The largest absolute Gasteiger partial charge is 0.0974 e. The van der Waals surface area contributed by atoms with E-state index in [4.69, 9.17) is 0 Å². The van der Waals surface area contributed by atoms with Crippen molar-refractivity contribution in [3.8, 4) is 11.8 Å². The maximum atomic E-state index is 3.37. The summed E-state index contributed by atoms with van der Waals surface area (Å²) in [5.74, 6) is 6.68. The minimum Gasteiger partial charge on any atom is -0.0974 e. The molecular weight excluding hydrogens is 307 g/mol. The fourth-order valence-electron chi connectivity index (χ4n) is 2.79. The van der Waals surface area contributed by atoms with Crippen molar-refractivity contribution >= 4 is 22.6 Å². The molecule has 0 heterocycles. The first-order valence-electron chi connectivity index (χ1n) is 6.66. The Morgan fingerprint density at radius 3 is 2.75 bits per heavy atom. The maximum Gasteiger partial charge on any atom is 0.0627 e. The maximum absolute atomic E-state index is 3.37. The van der Waals surface area contributed by atoms with Crippen LogP contribution in [0.15, 0.2) is 9.15 Å². The molecule has 0 atom stereocenters. The summed E-state index contributed by atoms with van der Waals surface area (Å²) < 4.78 is 1.37. The highest BCUT2D eigenvalue weighted by Gasteiger charge is 2.49. The van der Waals surface area contributed by atoms with Crippen LogP contribution in [-0.4, -0.2) is 0 Å². The number of halogens is 1. The van der Waals surface area contributed by atoms with Gasteiger partial charge in [-0.15, -0.1) is 0 Å². The Bertz CT molecular complexity index is 334. The number of unbranched alkanes of at least 4 members (excludes halogenated alkanes) is 2. The SMILES string of the molecule is CCCCC#C/C(I)=C1/CC12CCCCC2. The van der Waals surface area contributed by atoms with Crippen LogP contribution in [0, 0.1) is 17.3 Å². The molecule has 0 aromatic carbocycles. The van der Waals surface area contributed by atoms with E-state index >= 15 is 0 Å². The van der Waals surface area contributed by atoms with Crippen LogP contribution in [0.5, 0.6) is 0 Å². The molecular formula is C15H21I. The lowest BCUT2D eigenvalue weighted by atomic mass is 9.85. The van der Waals surface area contributed by atoms with Gasteiger partial charge in [0.05, 0.1) is 3.58 Å². The molecule has 2 rings (SSSR count). The molecule has 0 N–H and O–H groups in total. The molecule has 88 valence electrons. The molecule has 0 aromatic heterocycles. The number of hydrogen-bond donors (Lipinski definition) is 0. The number of allylic oxidation sites excluding steroid dienone is 2. The van der Waals surface area contributed by atoms with Crippen LogP contribution in [-0.2, 0) is 0 Å². The van der Waals surface area contributed by atoms with E-state index in [1.807, 2.05) is 0 Å². The highest BCUT2D eigenvalue weighted by molar-refractivity contribution is 14.1. The molecule has 0 amide bonds. The molecule has 0 saturated heterocycles. The molecule has 16 heavy (non-hydrogen) atoms. The lowest BCUT2D eigenvalue weighted by molar-refractivity contribution is 0.353. The van der Waals surface area contributed by atoms with Crippen molar-refractivity contribution in [2.75, 3.05) is 0 Å². The Morgan fingerprint density at radius 1 is 1.31 bits per heavy atom. The van der Waals surface area contributed by atoms with E-state index < -0.39 is 0 Å². The number of rotatable bonds is 2. The van der Waals surface area contributed by atoms with Gasteiger partial charge in [0, 0.05) is 6.42 Å². The van der Waals surface area contributed by atoms with Crippen molar-refractivity contribution in [2.24, 2.45) is 5.41 Å². The molecule has 1 spiro atoms. The molecule has 1 heteroatoms. The van der Waals surface area contributed by atoms with Crippen molar-refractivity contribution in [2.45, 2.75) is 64.7 Å². The van der Waals surface area contributed by atoms with Gasteiger partial charge in [0.2, 0.25) is 0 Å². The van der Waals surface area contributed by atoms with Gasteiger partial charge >= 0.3 is 0 Å². The molecule has 2 aliphatic carbocycles. The van der Waals surface area contributed by atoms with Crippen LogP contribution in [0.1, 0.15) is 64.7 Å². The van der Waals surface area contributed by atoms with Gasteiger partial charge in [0.25, 0.3) is 0 Å². The van der Waals surface area contributed by atoms with E-state index in [1.165, 1.54) is 54.9 Å². The first-order chi connectivity index (χ1) is 7.78. The highest BCUT2D eigenvalue weighted by Crippen LogP contribution is 2.62. The fourth-order valence-corrected chi connectivity index (χ4v) is 3.75. The van der Waals surface area contributed by atoms with E-state index in [0.29, 0.717) is 5.41 Å². The lowest BCUT2D eigenvalue weighted by Crippen LogP contribution is -2.06. The zero-order chi connectivity index (χ0) is 11.4. The summed E-state index contributed by atoms with van der Waals surface area (Å²) in [6.45, 7) is 2.23. The molecule has 2 aliphatic rings. The van der Waals surface area contributed by atoms with Crippen molar-refractivity contribution in [1.82, 2.24) is 0 Å². The third-order valence-electron chi connectivity index (χ3n) is 3.96. The monoisotopic (exact) mass is 328 g/mol. The van der Waals surface area contributed by atoms with Crippen LogP contribution in [0.2, 0.25) is 0 Å². The standard InChI is InChI=1S/C15H21I/c1-2-3-4-6-9-14(16)13-12-15(13)10-7-5-8-11-15/h2-5,7-8,10-12H2,1H3/b14-13+. The van der Waals surface area contributed by atoms with Crippen molar-refractivity contribution in [3.63, 3.8) is 0 Å². The smallest absolute Gasteiger partial charge is 0.0627 e. The highest BCUT2D eigenvalue weighted by atomic mass is 127. The molecule has 0 unspecified atom stereocenters. The van der Waals surface area contributed by atoms with Crippen molar-refractivity contribution in [1.29, 1.82) is 0 Å². The molecule has 2 saturated carbocycles. The van der Waals surface area contributed by atoms with Gasteiger partial charge in [-0.2, -0.15) is 0 Å². The molecule has 0 aromatic rings. The first-order valence-corrected chi connectivity index (χ1v) is 7.74. The quantitative estimate of drug-likeness (QED) is 0.370. The Balaban J connectivity index is 1.93. The third-order valence-corrected chi connectivity index (χ3v) is 4.88. The second kappa shape index (κ2) is 5.58. The van der Waals surface area contributed by atoms with E-state index in [-0.39, 0.29) is 0 Å². The number of hydrogen-bond acceptors (Lipinski definition) is 0. The van der Waals surface area contributed by atoms with Gasteiger partial charge in [-0.3, -0.25) is 0 Å². The summed E-state index contributed by atoms with van der Waals surface area (Å²) in [6.07, 6.45) is 12.1. The fraction of sp³-hybridized carbons (Fsp3) is 0.733. The summed E-state index contributed by atoms with van der Waals surface area (Å²) >= 11 is 2.46. The molecule has 0 nitrogen and oxygen atoms in total. The Hall–Kier alpha value is 0.0300. The van der Waals surface area contributed by atoms with Gasteiger partial charge in [0.15, 0.2) is 0 Å². The molecule has 0 aliphatic heterocycles. The summed E-state index contributed by atoms with van der Waals surface area (Å²) in [7, 11) is 0. The topological polar surface area (TPSA) is 0 Å². The van der Waals surface area contributed by atoms with Gasteiger partial charge in [0.1, 0.15) is 0 Å². The minimum atomic E-state index is 0.633. The second-order valence-electron chi connectivity index (χ2n) is 5.22. The predicted octanol–water partition coefficient (Wildman–Crippen LogP) is 5.22. The Morgan fingerprint density at radius 2 is 2.06 bits per heavy atom. The predicted molar refractivity (Wildman–Crippen MR) is 78.5 cm³/mol. The summed E-state index contributed by atoms with van der Waals surface area (Å²) in [5.41, 5.74) is 2.32. The first kappa shape index (κ1) is 12.5.